The van der Waals surface area contributed by atoms with Gasteiger partial charge in [-0.15, -0.1) is 0 Å². The minimum Gasteiger partial charge on any atom is -0.392 e. The Bertz CT molecular complexity index is 413. The van der Waals surface area contributed by atoms with Crippen molar-refractivity contribution in [2.24, 2.45) is 5.41 Å². The normalized spacial score (nSPS) is 29.3. The fourth-order valence-corrected chi connectivity index (χ4v) is 3.51. The number of nitrogens with zero attached hydrogens (tertiary/aromatic N) is 2. The first-order valence-electron chi connectivity index (χ1n) is 7.22. The highest BCUT2D eigenvalue weighted by Crippen LogP contribution is 2.51. The van der Waals surface area contributed by atoms with Crippen molar-refractivity contribution >= 4 is 5.82 Å². The smallest absolute Gasteiger partial charge is 0.128 e. The van der Waals surface area contributed by atoms with Crippen molar-refractivity contribution in [3.63, 3.8) is 0 Å². The van der Waals surface area contributed by atoms with E-state index in [0.29, 0.717) is 0 Å². The minimum absolute atomic E-state index is 0.00128. The fourth-order valence-electron chi connectivity index (χ4n) is 3.51. The molecule has 0 radical (unpaired) electrons. The highest BCUT2D eigenvalue weighted by atomic mass is 16.5. The molecule has 19 heavy (non-hydrogen) atoms. The van der Waals surface area contributed by atoms with Crippen LogP contribution in [0.25, 0.3) is 0 Å². The van der Waals surface area contributed by atoms with Gasteiger partial charge in [0.05, 0.1) is 12.2 Å². The molecule has 0 amide bonds. The molecular formula is C15H22N2O2. The molecule has 4 nitrogen and oxygen atoms in total. The largest absolute Gasteiger partial charge is 0.392 e. The molecule has 0 unspecified atom stereocenters. The highest BCUT2D eigenvalue weighted by molar-refractivity contribution is 5.38. The third-order valence-corrected chi connectivity index (χ3v) is 4.78. The number of pyridine rings is 1. The average molecular weight is 262 g/mol. The van der Waals surface area contributed by atoms with Crippen molar-refractivity contribution in [1.29, 1.82) is 0 Å². The summed E-state index contributed by atoms with van der Waals surface area (Å²) in [5.74, 6) is 1.04. The quantitative estimate of drug-likeness (QED) is 0.903. The molecule has 104 valence electrons. The number of aliphatic hydroxyl groups excluding tert-OH is 1. The second kappa shape index (κ2) is 5.10. The van der Waals surface area contributed by atoms with Gasteiger partial charge in [-0.2, -0.15) is 0 Å². The van der Waals surface area contributed by atoms with Gasteiger partial charge in [-0.25, -0.2) is 4.98 Å². The molecule has 1 saturated carbocycles. The number of aliphatic hydroxyl groups is 1. The monoisotopic (exact) mass is 262 g/mol. The average Bonchev–Trinajstić information content (AvgIpc) is 2.48. The Labute approximate surface area is 114 Å². The number of hydrogen-bond acceptors (Lipinski definition) is 4. The summed E-state index contributed by atoms with van der Waals surface area (Å²) in [6, 6.07) is 6.01. The Morgan fingerprint density at radius 2 is 2.21 bits per heavy atom. The van der Waals surface area contributed by atoms with Crippen LogP contribution >= 0.6 is 0 Å². The number of anilines is 1. The van der Waals surface area contributed by atoms with Gasteiger partial charge < -0.3 is 14.7 Å². The lowest BCUT2D eigenvalue weighted by Crippen LogP contribution is -2.62. The van der Waals surface area contributed by atoms with E-state index in [1.165, 1.54) is 0 Å². The lowest BCUT2D eigenvalue weighted by atomic mass is 9.58. The lowest BCUT2D eigenvalue weighted by Gasteiger charge is -2.56. The zero-order valence-electron chi connectivity index (χ0n) is 11.5. The van der Waals surface area contributed by atoms with Crippen LogP contribution in [0.4, 0.5) is 5.82 Å². The molecule has 1 N–H and O–H groups in total. The number of ether oxygens (including phenoxy) is 1. The van der Waals surface area contributed by atoms with Crippen molar-refractivity contribution in [3.8, 4) is 0 Å². The molecule has 1 aromatic heterocycles. The van der Waals surface area contributed by atoms with E-state index in [4.69, 9.17) is 4.74 Å². The van der Waals surface area contributed by atoms with E-state index >= 15 is 0 Å². The Morgan fingerprint density at radius 1 is 1.42 bits per heavy atom. The highest BCUT2D eigenvalue weighted by Gasteiger charge is 2.56. The SMILES string of the molecule is CCO[C@@H]1C[C@H](O)C12CCN(c1ccccn1)CC2. The first-order valence-corrected chi connectivity index (χ1v) is 7.22. The van der Waals surface area contributed by atoms with E-state index in [1.807, 2.05) is 25.3 Å². The van der Waals surface area contributed by atoms with Gasteiger partial charge in [0.2, 0.25) is 0 Å². The Hall–Kier alpha value is -1.13. The van der Waals surface area contributed by atoms with Crippen LogP contribution in [-0.2, 0) is 4.74 Å². The summed E-state index contributed by atoms with van der Waals surface area (Å²) in [6.45, 7) is 4.68. The van der Waals surface area contributed by atoms with E-state index in [-0.39, 0.29) is 17.6 Å². The predicted molar refractivity (Wildman–Crippen MR) is 74.2 cm³/mol. The van der Waals surface area contributed by atoms with Crippen LogP contribution in [0.2, 0.25) is 0 Å². The van der Waals surface area contributed by atoms with Crippen molar-refractivity contribution in [3.05, 3.63) is 24.4 Å². The molecule has 0 bridgehead atoms. The fraction of sp³-hybridized carbons (Fsp3) is 0.667. The van der Waals surface area contributed by atoms with Gasteiger partial charge in [-0.3, -0.25) is 0 Å². The van der Waals surface area contributed by atoms with Crippen molar-refractivity contribution < 1.29 is 9.84 Å². The molecule has 2 aliphatic rings. The topological polar surface area (TPSA) is 45.6 Å². The first kappa shape index (κ1) is 12.9. The summed E-state index contributed by atoms with van der Waals surface area (Å²) in [6.07, 6.45) is 4.69. The number of hydrogen-bond donors (Lipinski definition) is 1. The molecule has 1 aromatic rings. The van der Waals surface area contributed by atoms with Crippen LogP contribution in [0.15, 0.2) is 24.4 Å². The maximum atomic E-state index is 10.2. The summed E-state index contributed by atoms with van der Waals surface area (Å²) in [5, 5.41) is 10.2. The number of rotatable bonds is 3. The predicted octanol–water partition coefficient (Wildman–Crippen LogP) is 1.84. The van der Waals surface area contributed by atoms with Crippen LogP contribution in [0.5, 0.6) is 0 Å². The Morgan fingerprint density at radius 3 is 2.79 bits per heavy atom. The summed E-state index contributed by atoms with van der Waals surface area (Å²) >= 11 is 0. The zero-order chi connectivity index (χ0) is 13.3. The molecule has 1 saturated heterocycles. The van der Waals surface area contributed by atoms with E-state index in [2.05, 4.69) is 16.0 Å². The van der Waals surface area contributed by atoms with E-state index in [1.54, 1.807) is 0 Å². The molecule has 2 atom stereocenters. The van der Waals surface area contributed by atoms with E-state index in [9.17, 15) is 5.11 Å². The third kappa shape index (κ3) is 2.13. The minimum atomic E-state index is -0.185. The molecule has 0 aromatic carbocycles. The summed E-state index contributed by atoms with van der Waals surface area (Å²) in [7, 11) is 0. The maximum Gasteiger partial charge on any atom is 0.128 e. The Balaban J connectivity index is 1.66. The van der Waals surface area contributed by atoms with Gasteiger partial charge in [-0.1, -0.05) is 6.07 Å². The van der Waals surface area contributed by atoms with Gasteiger partial charge in [-0.05, 0) is 31.9 Å². The van der Waals surface area contributed by atoms with Crippen LogP contribution in [0.3, 0.4) is 0 Å². The van der Waals surface area contributed by atoms with Gasteiger partial charge in [0.25, 0.3) is 0 Å². The molecular weight excluding hydrogens is 240 g/mol. The van der Waals surface area contributed by atoms with Gasteiger partial charge in [0, 0.05) is 37.7 Å². The van der Waals surface area contributed by atoms with Crippen LogP contribution in [0, 0.1) is 5.41 Å². The number of piperidine rings is 1. The standard InChI is InChI=1S/C15H22N2O2/c1-2-19-13-11-12(18)15(13)6-9-17(10-7-15)14-5-3-4-8-16-14/h3-5,8,12-13,18H,2,6-7,9-11H2,1H3/t12-,13+/m0/s1. The van der Waals surface area contributed by atoms with Crippen molar-refractivity contribution in [1.82, 2.24) is 4.98 Å². The van der Waals surface area contributed by atoms with Crippen LogP contribution < -0.4 is 4.90 Å². The summed E-state index contributed by atoms with van der Waals surface area (Å²) in [4.78, 5) is 6.71. The second-order valence-electron chi connectivity index (χ2n) is 5.60. The van der Waals surface area contributed by atoms with Crippen molar-refractivity contribution in [2.45, 2.75) is 38.4 Å². The van der Waals surface area contributed by atoms with Crippen LogP contribution in [0.1, 0.15) is 26.2 Å². The molecule has 2 fully saturated rings. The summed E-state index contributed by atoms with van der Waals surface area (Å²) < 4.78 is 5.79. The van der Waals surface area contributed by atoms with Crippen molar-refractivity contribution in [2.75, 3.05) is 24.6 Å². The third-order valence-electron chi connectivity index (χ3n) is 4.78. The van der Waals surface area contributed by atoms with Gasteiger partial charge in [0.15, 0.2) is 0 Å². The Kier molecular flexibility index (Phi) is 3.46. The van der Waals surface area contributed by atoms with Gasteiger partial charge >= 0.3 is 0 Å². The summed E-state index contributed by atoms with van der Waals surface area (Å²) in [5.41, 5.74) is 0.00128. The maximum absolute atomic E-state index is 10.2. The van der Waals surface area contributed by atoms with Crippen LogP contribution in [-0.4, -0.2) is 42.0 Å². The van der Waals surface area contributed by atoms with E-state index in [0.717, 1.165) is 44.8 Å². The molecule has 1 aliphatic heterocycles. The van der Waals surface area contributed by atoms with E-state index < -0.39 is 0 Å². The molecule has 3 rings (SSSR count). The second-order valence-corrected chi connectivity index (χ2v) is 5.60. The van der Waals surface area contributed by atoms with Gasteiger partial charge in [0.1, 0.15) is 5.82 Å². The molecule has 4 heteroatoms. The first-order chi connectivity index (χ1) is 9.26. The number of aromatic nitrogens is 1. The lowest BCUT2D eigenvalue weighted by molar-refractivity contribution is -0.199. The molecule has 2 heterocycles. The zero-order valence-corrected chi connectivity index (χ0v) is 11.5. The molecule has 1 aliphatic carbocycles. The molecule has 1 spiro atoms.